The maximum absolute atomic E-state index is 13.4. The molecule has 1 saturated heterocycles. The highest BCUT2D eigenvalue weighted by Gasteiger charge is 2.30. The number of amides is 2. The van der Waals surface area contributed by atoms with Crippen molar-refractivity contribution in [1.82, 2.24) is 20.0 Å². The second-order valence-corrected chi connectivity index (χ2v) is 7.43. The number of hydrogen-bond donors (Lipinski definition) is 1. The fraction of sp³-hybridized carbons (Fsp3) is 0.476. The first-order valence-electron chi connectivity index (χ1n) is 9.73. The lowest BCUT2D eigenvalue weighted by atomic mass is 9.96. The molecule has 6 nitrogen and oxygen atoms in total. The number of carbonyl (C=O) groups excluding carboxylic acids is 2. The molecule has 0 aliphatic carbocycles. The van der Waals surface area contributed by atoms with Crippen molar-refractivity contribution in [3.63, 3.8) is 0 Å². The normalized spacial score (nSPS) is 17.0. The number of hydrogen-bond acceptors (Lipinski definition) is 3. The number of nitrogens with zero attached hydrogens (tertiary/aromatic N) is 3. The Labute approximate surface area is 164 Å². The van der Waals surface area contributed by atoms with Crippen molar-refractivity contribution >= 4 is 11.8 Å². The van der Waals surface area contributed by atoms with E-state index in [-0.39, 0.29) is 23.5 Å². The predicted molar refractivity (Wildman–Crippen MR) is 104 cm³/mol. The van der Waals surface area contributed by atoms with Gasteiger partial charge in [0.15, 0.2) is 0 Å². The van der Waals surface area contributed by atoms with Crippen LogP contribution in [-0.4, -0.2) is 39.6 Å². The molecule has 7 heteroatoms. The van der Waals surface area contributed by atoms with E-state index in [4.69, 9.17) is 0 Å². The van der Waals surface area contributed by atoms with E-state index in [0.29, 0.717) is 32.5 Å². The minimum Gasteiger partial charge on any atom is -0.356 e. The number of nitrogens with one attached hydrogen (secondary N) is 1. The van der Waals surface area contributed by atoms with Crippen molar-refractivity contribution in [2.45, 2.75) is 46.2 Å². The first kappa shape index (κ1) is 20.0. The zero-order valence-corrected chi connectivity index (χ0v) is 16.4. The Morgan fingerprint density at radius 2 is 2.14 bits per heavy atom. The van der Waals surface area contributed by atoms with Gasteiger partial charge in [0.2, 0.25) is 11.8 Å². The van der Waals surface area contributed by atoms with Gasteiger partial charge < -0.3 is 10.2 Å². The molecule has 1 aromatic heterocycles. The summed E-state index contributed by atoms with van der Waals surface area (Å²) in [6.45, 7) is 6.02. The lowest BCUT2D eigenvalue weighted by Gasteiger charge is -2.32. The van der Waals surface area contributed by atoms with E-state index in [2.05, 4.69) is 10.4 Å². The third kappa shape index (κ3) is 5.18. The number of likely N-dealkylation sites (tertiary alicyclic amines) is 1. The summed E-state index contributed by atoms with van der Waals surface area (Å²) in [7, 11) is 0. The second kappa shape index (κ2) is 8.99. The highest BCUT2D eigenvalue weighted by molar-refractivity contribution is 5.83. The molecule has 0 bridgehead atoms. The Kier molecular flexibility index (Phi) is 6.44. The minimum atomic E-state index is -0.320. The highest BCUT2D eigenvalue weighted by atomic mass is 19.1. The maximum atomic E-state index is 13.4. The minimum absolute atomic E-state index is 0.0119. The molecule has 1 aromatic carbocycles. The fourth-order valence-corrected chi connectivity index (χ4v) is 3.62. The molecular weight excluding hydrogens is 359 g/mol. The lowest BCUT2D eigenvalue weighted by molar-refractivity contribution is -0.138. The van der Waals surface area contributed by atoms with Gasteiger partial charge in [0.05, 0.1) is 11.6 Å². The van der Waals surface area contributed by atoms with Crippen LogP contribution in [0.25, 0.3) is 0 Å². The Hall–Kier alpha value is -2.70. The largest absolute Gasteiger partial charge is 0.356 e. The van der Waals surface area contributed by atoms with Gasteiger partial charge >= 0.3 is 0 Å². The van der Waals surface area contributed by atoms with Crippen molar-refractivity contribution in [3.05, 3.63) is 53.1 Å². The van der Waals surface area contributed by atoms with Crippen molar-refractivity contribution in [2.75, 3.05) is 13.1 Å². The molecule has 1 atom stereocenters. The molecule has 0 unspecified atom stereocenters. The van der Waals surface area contributed by atoms with Gasteiger partial charge in [-0.05, 0) is 50.5 Å². The molecule has 0 radical (unpaired) electrons. The van der Waals surface area contributed by atoms with E-state index in [1.807, 2.05) is 24.6 Å². The topological polar surface area (TPSA) is 67.2 Å². The van der Waals surface area contributed by atoms with E-state index in [9.17, 15) is 14.0 Å². The number of piperidine rings is 1. The third-order valence-electron chi connectivity index (χ3n) is 5.08. The van der Waals surface area contributed by atoms with Crippen LogP contribution >= 0.6 is 0 Å². The first-order valence-corrected chi connectivity index (χ1v) is 9.73. The molecule has 2 aromatic rings. The Morgan fingerprint density at radius 3 is 2.86 bits per heavy atom. The Bertz CT molecular complexity index is 849. The molecule has 1 fully saturated rings. The zero-order chi connectivity index (χ0) is 20.1. The molecule has 1 N–H and O–H groups in total. The van der Waals surface area contributed by atoms with Crippen LogP contribution in [0.5, 0.6) is 0 Å². The molecule has 1 aliphatic heterocycles. The molecular formula is C21H27FN4O2. The van der Waals surface area contributed by atoms with E-state index < -0.39 is 0 Å². The van der Waals surface area contributed by atoms with Crippen LogP contribution < -0.4 is 5.32 Å². The molecule has 150 valence electrons. The van der Waals surface area contributed by atoms with Gasteiger partial charge in [-0.15, -0.1) is 0 Å². The van der Waals surface area contributed by atoms with Crippen LogP contribution in [0.2, 0.25) is 0 Å². The molecule has 2 heterocycles. The number of rotatable bonds is 7. The molecule has 28 heavy (non-hydrogen) atoms. The van der Waals surface area contributed by atoms with E-state index in [1.165, 1.54) is 12.1 Å². The van der Waals surface area contributed by atoms with Gasteiger partial charge in [-0.25, -0.2) is 4.39 Å². The second-order valence-electron chi connectivity index (χ2n) is 7.43. The van der Waals surface area contributed by atoms with Crippen LogP contribution in [-0.2, 0) is 22.7 Å². The summed E-state index contributed by atoms with van der Waals surface area (Å²) < 4.78 is 15.3. The van der Waals surface area contributed by atoms with Gasteiger partial charge in [0.25, 0.3) is 0 Å². The summed E-state index contributed by atoms with van der Waals surface area (Å²) in [5, 5.41) is 7.39. The fourth-order valence-electron chi connectivity index (χ4n) is 3.62. The summed E-state index contributed by atoms with van der Waals surface area (Å²) in [4.78, 5) is 26.4. The standard InChI is InChI=1S/C21H27FN4O2/c1-15-11-16(2)26(24-15)10-4-9-23-21(28)18-7-8-20(27)25(14-18)13-17-5-3-6-19(22)12-17/h3,5-6,11-12,18H,4,7-10,13-14H2,1-2H3,(H,23,28)/t18-/m0/s1. The maximum Gasteiger partial charge on any atom is 0.224 e. The van der Waals surface area contributed by atoms with Gasteiger partial charge in [-0.3, -0.25) is 14.3 Å². The molecule has 2 amide bonds. The van der Waals surface area contributed by atoms with E-state index in [1.54, 1.807) is 17.0 Å². The average molecular weight is 386 g/mol. The van der Waals surface area contributed by atoms with Crippen molar-refractivity contribution in [1.29, 1.82) is 0 Å². The number of benzene rings is 1. The molecule has 0 spiro atoms. The van der Waals surface area contributed by atoms with Crippen LogP contribution in [0.4, 0.5) is 4.39 Å². The SMILES string of the molecule is Cc1cc(C)n(CCCNC(=O)[C@H]2CCC(=O)N(Cc3cccc(F)c3)C2)n1. The number of halogens is 1. The predicted octanol–water partition coefficient (Wildman–Crippen LogP) is 2.58. The van der Waals surface area contributed by atoms with Crippen molar-refractivity contribution in [3.8, 4) is 0 Å². The monoisotopic (exact) mass is 386 g/mol. The first-order chi connectivity index (χ1) is 13.4. The highest BCUT2D eigenvalue weighted by Crippen LogP contribution is 2.20. The smallest absolute Gasteiger partial charge is 0.224 e. The average Bonchev–Trinajstić information content (AvgIpc) is 2.97. The van der Waals surface area contributed by atoms with Crippen LogP contribution in [0.3, 0.4) is 0 Å². The van der Waals surface area contributed by atoms with Crippen LogP contribution in [0, 0.1) is 25.6 Å². The zero-order valence-electron chi connectivity index (χ0n) is 16.4. The van der Waals surface area contributed by atoms with Gasteiger partial charge in [-0.2, -0.15) is 5.10 Å². The van der Waals surface area contributed by atoms with Crippen molar-refractivity contribution in [2.24, 2.45) is 5.92 Å². The summed E-state index contributed by atoms with van der Waals surface area (Å²) in [6, 6.07) is 8.26. The summed E-state index contributed by atoms with van der Waals surface area (Å²) >= 11 is 0. The van der Waals surface area contributed by atoms with Gasteiger partial charge in [0, 0.05) is 38.3 Å². The number of aromatic nitrogens is 2. The summed E-state index contributed by atoms with van der Waals surface area (Å²) in [5.41, 5.74) is 2.84. The number of aryl methyl sites for hydroxylation is 3. The van der Waals surface area contributed by atoms with E-state index in [0.717, 1.165) is 29.9 Å². The quantitative estimate of drug-likeness (QED) is 0.744. The Morgan fingerprint density at radius 1 is 1.32 bits per heavy atom. The summed E-state index contributed by atoms with van der Waals surface area (Å²) in [6.07, 6.45) is 1.70. The van der Waals surface area contributed by atoms with Gasteiger partial charge in [0.1, 0.15) is 5.82 Å². The van der Waals surface area contributed by atoms with Crippen LogP contribution in [0.1, 0.15) is 36.2 Å². The number of carbonyl (C=O) groups is 2. The molecule has 1 aliphatic rings. The summed E-state index contributed by atoms with van der Waals surface area (Å²) in [5.74, 6) is -0.554. The molecule has 0 saturated carbocycles. The van der Waals surface area contributed by atoms with Crippen molar-refractivity contribution < 1.29 is 14.0 Å². The van der Waals surface area contributed by atoms with Gasteiger partial charge in [-0.1, -0.05) is 12.1 Å². The van der Waals surface area contributed by atoms with Crippen LogP contribution in [0.15, 0.2) is 30.3 Å². The molecule has 3 rings (SSSR count). The van der Waals surface area contributed by atoms with E-state index >= 15 is 0 Å². The third-order valence-corrected chi connectivity index (χ3v) is 5.08. The Balaban J connectivity index is 1.47. The lowest BCUT2D eigenvalue weighted by Crippen LogP contribution is -2.45.